The molecule has 3 amide bonds. The number of imide groups is 1. The highest BCUT2D eigenvalue weighted by atomic mass is 32.2. The largest absolute Gasteiger partial charge is 0.384 e. The van der Waals surface area contributed by atoms with E-state index < -0.39 is 23.8 Å². The topological polar surface area (TPSA) is 120 Å². The third-order valence-electron chi connectivity index (χ3n) is 6.38. The van der Waals surface area contributed by atoms with Crippen LogP contribution in [0.25, 0.3) is 0 Å². The number of nitrogens with one attached hydrogen (secondary N) is 4. The van der Waals surface area contributed by atoms with Gasteiger partial charge in [0.25, 0.3) is 11.8 Å². The molecular weight excluding hydrogens is 466 g/mol. The van der Waals surface area contributed by atoms with Crippen LogP contribution in [0.3, 0.4) is 0 Å². The van der Waals surface area contributed by atoms with E-state index in [0.29, 0.717) is 29.6 Å². The Balaban J connectivity index is 1.41. The van der Waals surface area contributed by atoms with Crippen LogP contribution in [0.2, 0.25) is 0 Å². The summed E-state index contributed by atoms with van der Waals surface area (Å²) in [5, 5.41) is 9.79. The Bertz CT molecular complexity index is 893. The van der Waals surface area contributed by atoms with Gasteiger partial charge >= 0.3 is 0 Å². The Labute approximate surface area is 211 Å². The first kappa shape index (κ1) is 27.2. The number of hydrogen-bond donors (Lipinski definition) is 4. The van der Waals surface area contributed by atoms with Crippen molar-refractivity contribution in [2.24, 2.45) is 0 Å². The van der Waals surface area contributed by atoms with E-state index in [1.807, 2.05) is 11.9 Å². The van der Waals surface area contributed by atoms with Crippen molar-refractivity contribution in [2.45, 2.75) is 62.7 Å². The molecule has 0 aromatic heterocycles. The van der Waals surface area contributed by atoms with Crippen LogP contribution in [-0.4, -0.2) is 73.4 Å². The zero-order chi connectivity index (χ0) is 25.0. The molecule has 2 heterocycles. The fraction of sp³-hybridized carbons (Fsp3) is 0.600. The standard InChI is InChI=1S/C25H37N5O4S/c1-26-23(32)21(12-9-15-31)30-24(33)19-10-8-11-20(22(19)25(30)34)28-13-6-4-2-3-5-7-14-29-35-18-16-27-17-18/h8,10-11,15,18,21,27-29H,2-7,9,12-14,16-17H2,1H3,(H,26,32). The van der Waals surface area contributed by atoms with Gasteiger partial charge in [0.1, 0.15) is 12.3 Å². The zero-order valence-corrected chi connectivity index (χ0v) is 21.3. The van der Waals surface area contributed by atoms with Gasteiger partial charge in [-0.05, 0) is 31.4 Å². The number of hydrogen-bond acceptors (Lipinski definition) is 8. The second kappa shape index (κ2) is 14.2. The lowest BCUT2D eigenvalue weighted by Crippen LogP contribution is -2.48. The molecule has 1 saturated heterocycles. The molecule has 4 N–H and O–H groups in total. The molecule has 0 radical (unpaired) electrons. The van der Waals surface area contributed by atoms with Crippen molar-refractivity contribution >= 4 is 41.6 Å². The lowest BCUT2D eigenvalue weighted by molar-refractivity contribution is -0.124. The SMILES string of the molecule is CNC(=O)C(CCC=O)N1C(=O)c2cccc(NCCCCCCCCNSC3CNC3)c2C1=O. The minimum atomic E-state index is -1.01. The average Bonchev–Trinajstić information content (AvgIpc) is 3.09. The highest BCUT2D eigenvalue weighted by Gasteiger charge is 2.43. The Hall–Kier alpha value is -2.43. The van der Waals surface area contributed by atoms with E-state index in [1.165, 1.54) is 32.7 Å². The van der Waals surface area contributed by atoms with Gasteiger partial charge in [-0.3, -0.25) is 24.0 Å². The number of fused-ring (bicyclic) bond motifs is 1. The highest BCUT2D eigenvalue weighted by Crippen LogP contribution is 2.31. The average molecular weight is 504 g/mol. The number of amides is 3. The number of rotatable bonds is 17. The fourth-order valence-corrected chi connectivity index (χ4v) is 5.18. The molecule has 35 heavy (non-hydrogen) atoms. The van der Waals surface area contributed by atoms with E-state index in [-0.39, 0.29) is 12.8 Å². The van der Waals surface area contributed by atoms with E-state index in [1.54, 1.807) is 18.2 Å². The molecule has 1 atom stereocenters. The van der Waals surface area contributed by atoms with Crippen molar-refractivity contribution in [3.05, 3.63) is 29.3 Å². The number of aldehydes is 1. The van der Waals surface area contributed by atoms with Crippen LogP contribution in [0.15, 0.2) is 18.2 Å². The minimum absolute atomic E-state index is 0.0876. The normalized spacial score (nSPS) is 16.1. The molecule has 0 spiro atoms. The first-order chi connectivity index (χ1) is 17.1. The van der Waals surface area contributed by atoms with Crippen LogP contribution in [-0.2, 0) is 9.59 Å². The van der Waals surface area contributed by atoms with Crippen LogP contribution >= 0.6 is 11.9 Å². The molecule has 1 fully saturated rings. The van der Waals surface area contributed by atoms with Gasteiger partial charge in [0.05, 0.1) is 11.1 Å². The van der Waals surface area contributed by atoms with Crippen molar-refractivity contribution in [1.82, 2.24) is 20.3 Å². The first-order valence-electron chi connectivity index (χ1n) is 12.6. The smallest absolute Gasteiger partial charge is 0.264 e. The summed E-state index contributed by atoms with van der Waals surface area (Å²) in [6, 6.07) is 4.13. The molecule has 0 bridgehead atoms. The number of carbonyl (C=O) groups is 4. The van der Waals surface area contributed by atoms with Crippen molar-refractivity contribution in [3.63, 3.8) is 0 Å². The van der Waals surface area contributed by atoms with Crippen LogP contribution in [0.4, 0.5) is 5.69 Å². The molecule has 9 nitrogen and oxygen atoms in total. The summed E-state index contributed by atoms with van der Waals surface area (Å²) < 4.78 is 3.45. The monoisotopic (exact) mass is 503 g/mol. The summed E-state index contributed by atoms with van der Waals surface area (Å²) in [6.45, 7) is 3.98. The summed E-state index contributed by atoms with van der Waals surface area (Å²) in [5.74, 6) is -1.45. The Morgan fingerprint density at radius 3 is 2.49 bits per heavy atom. The molecule has 10 heteroatoms. The zero-order valence-electron chi connectivity index (χ0n) is 20.4. The number of carbonyl (C=O) groups excluding carboxylic acids is 4. The number of unbranched alkanes of at least 4 members (excludes halogenated alkanes) is 5. The fourth-order valence-electron chi connectivity index (χ4n) is 4.28. The summed E-state index contributed by atoms with van der Waals surface area (Å²) in [4.78, 5) is 50.3. The van der Waals surface area contributed by atoms with Gasteiger partial charge in [0.2, 0.25) is 5.91 Å². The molecular formula is C25H37N5O4S. The molecule has 0 aliphatic carbocycles. The van der Waals surface area contributed by atoms with E-state index in [9.17, 15) is 19.2 Å². The molecule has 0 saturated carbocycles. The third-order valence-corrected chi connectivity index (χ3v) is 7.42. The molecule has 3 rings (SSSR count). The van der Waals surface area contributed by atoms with Crippen LogP contribution in [0.1, 0.15) is 72.1 Å². The predicted molar refractivity (Wildman–Crippen MR) is 139 cm³/mol. The van der Waals surface area contributed by atoms with Crippen molar-refractivity contribution in [2.75, 3.05) is 38.5 Å². The summed E-state index contributed by atoms with van der Waals surface area (Å²) in [5.41, 5.74) is 1.21. The van der Waals surface area contributed by atoms with Gasteiger partial charge in [0, 0.05) is 50.6 Å². The maximum atomic E-state index is 13.2. The molecule has 1 aromatic rings. The second-order valence-corrected chi connectivity index (χ2v) is 10.1. The van der Waals surface area contributed by atoms with Gasteiger partial charge in [-0.15, -0.1) is 0 Å². The maximum Gasteiger partial charge on any atom is 0.264 e. The Morgan fingerprint density at radius 2 is 1.83 bits per heavy atom. The van der Waals surface area contributed by atoms with Crippen molar-refractivity contribution < 1.29 is 19.2 Å². The summed E-state index contributed by atoms with van der Waals surface area (Å²) >= 11 is 1.85. The number of anilines is 1. The number of likely N-dealkylation sites (N-methyl/N-ethyl adjacent to an activating group) is 1. The molecule has 192 valence electrons. The summed E-state index contributed by atoms with van der Waals surface area (Å²) in [6.07, 6.45) is 7.74. The third kappa shape index (κ3) is 7.28. The number of nitrogens with zero attached hydrogens (tertiary/aromatic N) is 1. The number of benzene rings is 1. The molecule has 2 aliphatic heterocycles. The van der Waals surface area contributed by atoms with Crippen LogP contribution in [0.5, 0.6) is 0 Å². The minimum Gasteiger partial charge on any atom is -0.384 e. The highest BCUT2D eigenvalue weighted by molar-refractivity contribution is 7.98. The lowest BCUT2D eigenvalue weighted by Gasteiger charge is -2.26. The first-order valence-corrected chi connectivity index (χ1v) is 13.5. The van der Waals surface area contributed by atoms with Gasteiger partial charge in [0.15, 0.2) is 0 Å². The van der Waals surface area contributed by atoms with E-state index in [0.717, 1.165) is 42.6 Å². The van der Waals surface area contributed by atoms with E-state index in [4.69, 9.17) is 0 Å². The van der Waals surface area contributed by atoms with E-state index in [2.05, 4.69) is 20.7 Å². The molecule has 1 unspecified atom stereocenters. The van der Waals surface area contributed by atoms with Gasteiger partial charge < -0.3 is 20.7 Å². The van der Waals surface area contributed by atoms with E-state index >= 15 is 0 Å². The maximum absolute atomic E-state index is 13.2. The van der Waals surface area contributed by atoms with Gasteiger partial charge in [-0.25, -0.2) is 0 Å². The summed E-state index contributed by atoms with van der Waals surface area (Å²) in [7, 11) is 1.45. The van der Waals surface area contributed by atoms with Gasteiger partial charge in [-0.1, -0.05) is 43.7 Å². The molecule has 1 aromatic carbocycles. The van der Waals surface area contributed by atoms with Crippen molar-refractivity contribution in [3.8, 4) is 0 Å². The van der Waals surface area contributed by atoms with Crippen LogP contribution < -0.4 is 20.7 Å². The Kier molecular flexibility index (Phi) is 11.0. The second-order valence-electron chi connectivity index (χ2n) is 8.92. The van der Waals surface area contributed by atoms with Crippen molar-refractivity contribution in [1.29, 1.82) is 0 Å². The lowest BCUT2D eigenvalue weighted by atomic mass is 10.1. The quantitative estimate of drug-likeness (QED) is 0.111. The van der Waals surface area contributed by atoms with Crippen LogP contribution in [0, 0.1) is 0 Å². The Morgan fingerprint density at radius 1 is 1.11 bits per heavy atom. The molecule has 2 aliphatic rings. The van der Waals surface area contributed by atoms with Gasteiger partial charge in [-0.2, -0.15) is 0 Å². The predicted octanol–water partition coefficient (Wildman–Crippen LogP) is 2.34.